The van der Waals surface area contributed by atoms with Crippen molar-refractivity contribution < 1.29 is 0 Å². The summed E-state index contributed by atoms with van der Waals surface area (Å²) in [5, 5.41) is 1.26. The number of rotatable bonds is 2. The Morgan fingerprint density at radius 3 is 2.87 bits per heavy atom. The summed E-state index contributed by atoms with van der Waals surface area (Å²) in [5.41, 5.74) is 4.76. The first-order valence-electron chi connectivity index (χ1n) is 5.19. The molecule has 0 unspecified atom stereocenters. The van der Waals surface area contributed by atoms with Crippen molar-refractivity contribution in [3.8, 4) is 0 Å². The third kappa shape index (κ3) is 1.61. The lowest BCUT2D eigenvalue weighted by atomic mass is 10.1. The van der Waals surface area contributed by atoms with E-state index in [1.54, 1.807) is 0 Å². The highest BCUT2D eigenvalue weighted by molar-refractivity contribution is 5.85. The van der Waals surface area contributed by atoms with Crippen LogP contribution in [0.1, 0.15) is 23.7 Å². The Morgan fingerprint density at radius 2 is 2.20 bits per heavy atom. The predicted molar refractivity (Wildman–Crippen MR) is 62.7 cm³/mol. The predicted octanol–water partition coefficient (Wildman–Crippen LogP) is 3.46. The quantitative estimate of drug-likeness (QED) is 0.713. The molecule has 0 aliphatic heterocycles. The molecule has 0 radical (unpaired) electrons. The molecule has 0 bridgehead atoms. The molecule has 2 nitrogen and oxygen atoms in total. The van der Waals surface area contributed by atoms with Gasteiger partial charge in [0.25, 0.3) is 6.54 Å². The number of aromatic amines is 1. The van der Waals surface area contributed by atoms with Gasteiger partial charge in [0, 0.05) is 10.9 Å². The summed E-state index contributed by atoms with van der Waals surface area (Å²) >= 11 is 0. The van der Waals surface area contributed by atoms with Crippen LogP contribution in [0, 0.1) is 13.5 Å². The Bertz CT molecular complexity index is 529. The molecule has 2 aromatic rings. The van der Waals surface area contributed by atoms with E-state index in [9.17, 15) is 0 Å². The maximum atomic E-state index is 6.89. The molecule has 2 rings (SSSR count). The van der Waals surface area contributed by atoms with Crippen molar-refractivity contribution in [3.05, 3.63) is 46.4 Å². The van der Waals surface area contributed by atoms with Gasteiger partial charge in [0.15, 0.2) is 0 Å². The number of nitrogens with one attached hydrogen (secondary N) is 1. The van der Waals surface area contributed by atoms with Crippen LogP contribution >= 0.6 is 0 Å². The van der Waals surface area contributed by atoms with Crippen LogP contribution in [-0.4, -0.2) is 4.98 Å². The van der Waals surface area contributed by atoms with Gasteiger partial charge in [-0.05, 0) is 36.6 Å². The first kappa shape index (κ1) is 9.79. The summed E-state index contributed by atoms with van der Waals surface area (Å²) in [6.45, 7) is 11.6. The van der Waals surface area contributed by atoms with Gasteiger partial charge in [0.2, 0.25) is 0 Å². The van der Waals surface area contributed by atoms with Crippen LogP contribution in [0.3, 0.4) is 0 Å². The number of fused-ring (bicyclic) bond motifs is 1. The van der Waals surface area contributed by atoms with Crippen molar-refractivity contribution in [2.24, 2.45) is 0 Å². The molecule has 0 amide bonds. The molecule has 1 aromatic carbocycles. The fourth-order valence-electron chi connectivity index (χ4n) is 1.89. The van der Waals surface area contributed by atoms with Gasteiger partial charge in [-0.15, -0.1) is 0 Å². The number of aryl methyl sites for hydroxylation is 2. The highest BCUT2D eigenvalue weighted by Crippen LogP contribution is 2.23. The van der Waals surface area contributed by atoms with Crippen LogP contribution in [0.25, 0.3) is 15.7 Å². The zero-order valence-electron chi connectivity index (χ0n) is 9.09. The minimum absolute atomic E-state index is 0.446. The van der Waals surface area contributed by atoms with Crippen LogP contribution in [0.4, 0.5) is 0 Å². The van der Waals surface area contributed by atoms with Crippen LogP contribution in [0.5, 0.6) is 0 Å². The lowest BCUT2D eigenvalue weighted by Crippen LogP contribution is -1.81. The highest BCUT2D eigenvalue weighted by Gasteiger charge is 2.09. The smallest absolute Gasteiger partial charge is 0.254 e. The average Bonchev–Trinajstić information content (AvgIpc) is 2.56. The minimum atomic E-state index is 0.446. The van der Waals surface area contributed by atoms with Crippen LogP contribution in [0.15, 0.2) is 18.2 Å². The number of hydrogen-bond donors (Lipinski definition) is 1. The Hall–Kier alpha value is -1.75. The first-order chi connectivity index (χ1) is 7.26. The molecule has 0 atom stereocenters. The van der Waals surface area contributed by atoms with Gasteiger partial charge in [-0.25, -0.2) is 6.57 Å². The first-order valence-corrected chi connectivity index (χ1v) is 5.19. The van der Waals surface area contributed by atoms with E-state index >= 15 is 0 Å². The number of nitrogens with zero attached hydrogens (tertiary/aromatic N) is 1. The summed E-state index contributed by atoms with van der Waals surface area (Å²) in [4.78, 5) is 6.73. The number of aromatic nitrogens is 1. The molecule has 0 saturated carbocycles. The van der Waals surface area contributed by atoms with Crippen LogP contribution in [-0.2, 0) is 13.0 Å². The topological polar surface area (TPSA) is 20.1 Å². The maximum Gasteiger partial charge on any atom is 0.254 e. The zero-order chi connectivity index (χ0) is 10.8. The van der Waals surface area contributed by atoms with Crippen molar-refractivity contribution in [2.45, 2.75) is 26.8 Å². The van der Waals surface area contributed by atoms with E-state index < -0.39 is 0 Å². The summed E-state index contributed by atoms with van der Waals surface area (Å²) < 4.78 is 0. The third-order valence-corrected chi connectivity index (χ3v) is 2.87. The molecule has 1 N–H and O–H groups in total. The summed E-state index contributed by atoms with van der Waals surface area (Å²) in [5.74, 6) is 0. The van der Waals surface area contributed by atoms with Gasteiger partial charge in [0.1, 0.15) is 0 Å². The molecule has 0 saturated heterocycles. The molecule has 2 heteroatoms. The molecule has 0 aliphatic carbocycles. The number of hydrogen-bond acceptors (Lipinski definition) is 0. The fourth-order valence-corrected chi connectivity index (χ4v) is 1.89. The molecule has 0 fully saturated rings. The normalized spacial score (nSPS) is 10.5. The largest absolute Gasteiger partial charge is 0.352 e. The maximum absolute atomic E-state index is 6.89. The Labute approximate surface area is 89.7 Å². The van der Waals surface area contributed by atoms with Crippen molar-refractivity contribution >= 4 is 10.9 Å². The fraction of sp³-hybridized carbons (Fsp3) is 0.308. The molecule has 15 heavy (non-hydrogen) atoms. The van der Waals surface area contributed by atoms with Crippen molar-refractivity contribution in [1.29, 1.82) is 0 Å². The van der Waals surface area contributed by atoms with Crippen LogP contribution < -0.4 is 0 Å². The second-order valence-electron chi connectivity index (χ2n) is 3.78. The average molecular weight is 198 g/mol. The van der Waals surface area contributed by atoms with E-state index in [1.807, 2.05) is 0 Å². The molecule has 0 spiro atoms. The number of benzene rings is 1. The highest BCUT2D eigenvalue weighted by atomic mass is 14.8. The summed E-state index contributed by atoms with van der Waals surface area (Å²) in [7, 11) is 0. The molecule has 1 aromatic heterocycles. The van der Waals surface area contributed by atoms with E-state index in [4.69, 9.17) is 6.57 Å². The van der Waals surface area contributed by atoms with E-state index in [2.05, 4.69) is 41.9 Å². The molecule has 76 valence electrons. The lowest BCUT2D eigenvalue weighted by Gasteiger charge is -1.96. The van der Waals surface area contributed by atoms with E-state index in [0.717, 1.165) is 17.6 Å². The van der Waals surface area contributed by atoms with E-state index in [1.165, 1.54) is 16.5 Å². The van der Waals surface area contributed by atoms with Crippen LogP contribution in [0.2, 0.25) is 0 Å². The molecular weight excluding hydrogens is 184 g/mol. The summed E-state index contributed by atoms with van der Waals surface area (Å²) in [6.07, 6.45) is 1.05. The second kappa shape index (κ2) is 3.78. The van der Waals surface area contributed by atoms with E-state index in [-0.39, 0.29) is 0 Å². The van der Waals surface area contributed by atoms with Gasteiger partial charge >= 0.3 is 0 Å². The van der Waals surface area contributed by atoms with Crippen molar-refractivity contribution in [1.82, 2.24) is 4.98 Å². The Balaban J connectivity index is 2.62. The molecule has 1 heterocycles. The minimum Gasteiger partial charge on any atom is -0.352 e. The Morgan fingerprint density at radius 1 is 1.40 bits per heavy atom. The Kier molecular flexibility index (Phi) is 2.47. The zero-order valence-corrected chi connectivity index (χ0v) is 9.09. The van der Waals surface area contributed by atoms with Gasteiger partial charge in [-0.2, -0.15) is 0 Å². The lowest BCUT2D eigenvalue weighted by molar-refractivity contribution is 1.14. The number of H-pyrrole nitrogens is 1. The third-order valence-electron chi connectivity index (χ3n) is 2.87. The van der Waals surface area contributed by atoms with Gasteiger partial charge in [0.05, 0.1) is 5.69 Å². The van der Waals surface area contributed by atoms with Gasteiger partial charge in [-0.1, -0.05) is 13.0 Å². The monoisotopic (exact) mass is 198 g/mol. The van der Waals surface area contributed by atoms with Gasteiger partial charge in [-0.3, -0.25) is 0 Å². The standard InChI is InChI=1S/C13H14N2/c1-4-10-5-6-12-11(7-10)9(2)13(15-12)8-14-3/h5-7,15H,4,8H2,1-2H3. The summed E-state index contributed by atoms with van der Waals surface area (Å²) in [6, 6.07) is 6.46. The van der Waals surface area contributed by atoms with E-state index in [0.29, 0.717) is 6.54 Å². The molecular formula is C13H14N2. The van der Waals surface area contributed by atoms with Gasteiger partial charge < -0.3 is 9.83 Å². The van der Waals surface area contributed by atoms with Crippen molar-refractivity contribution in [2.75, 3.05) is 0 Å². The second-order valence-corrected chi connectivity index (χ2v) is 3.78. The SMILES string of the molecule is [C-]#[N+]Cc1[nH]c2ccc(CC)cc2c1C. The van der Waals surface area contributed by atoms with Crippen molar-refractivity contribution in [3.63, 3.8) is 0 Å². The molecule has 0 aliphatic rings.